The summed E-state index contributed by atoms with van der Waals surface area (Å²) in [6.07, 6.45) is -0.302. The average molecular weight is 538 g/mol. The highest BCUT2D eigenvalue weighted by Crippen LogP contribution is 2.38. The SMILES string of the molecule is C=CC(=O)NCC(COc1ccc(OCC(CN(C)C(=O)C=C)OP(=O)(O)O)cc1)OP(=O)(O)O. The van der Waals surface area contributed by atoms with E-state index >= 15 is 0 Å². The first-order valence-corrected chi connectivity index (χ1v) is 12.9. The van der Waals surface area contributed by atoms with E-state index in [9.17, 15) is 18.7 Å². The molecule has 1 rings (SSSR count). The van der Waals surface area contributed by atoms with E-state index in [-0.39, 0.29) is 37.8 Å². The number of rotatable bonds is 16. The molecule has 0 aliphatic heterocycles. The molecule has 0 bridgehead atoms. The molecule has 0 heterocycles. The quantitative estimate of drug-likeness (QED) is 0.143. The normalized spacial score (nSPS) is 13.3. The van der Waals surface area contributed by atoms with Crippen LogP contribution in [0.3, 0.4) is 0 Å². The highest BCUT2D eigenvalue weighted by atomic mass is 31.2. The Bertz CT molecular complexity index is 959. The van der Waals surface area contributed by atoms with Crippen molar-refractivity contribution in [3.8, 4) is 11.5 Å². The molecule has 1 aromatic rings. The largest absolute Gasteiger partial charge is 0.491 e. The van der Waals surface area contributed by atoms with Crippen molar-refractivity contribution < 1.29 is 56.8 Å². The van der Waals surface area contributed by atoms with Crippen LogP contribution in [0.15, 0.2) is 49.6 Å². The maximum absolute atomic E-state index is 11.6. The number of benzene rings is 1. The fourth-order valence-electron chi connectivity index (χ4n) is 2.48. The fourth-order valence-corrected chi connectivity index (χ4v) is 3.52. The lowest BCUT2D eigenvalue weighted by Crippen LogP contribution is -2.37. The highest BCUT2D eigenvalue weighted by molar-refractivity contribution is 7.46. The number of nitrogens with zero attached hydrogens (tertiary/aromatic N) is 1. The molecule has 0 aliphatic rings. The summed E-state index contributed by atoms with van der Waals surface area (Å²) in [5.74, 6) is -0.496. The Morgan fingerprint density at radius 1 is 0.943 bits per heavy atom. The maximum atomic E-state index is 11.6. The van der Waals surface area contributed by atoms with Gasteiger partial charge in [-0.3, -0.25) is 18.6 Å². The lowest BCUT2D eigenvalue weighted by atomic mass is 10.3. The third-order valence-corrected chi connectivity index (χ3v) is 5.13. The number of hydrogen-bond donors (Lipinski definition) is 5. The van der Waals surface area contributed by atoms with Crippen LogP contribution < -0.4 is 14.8 Å². The number of ether oxygens (including phenoxy) is 2. The van der Waals surface area contributed by atoms with Crippen LogP contribution in [0.5, 0.6) is 11.5 Å². The molecular weight excluding hydrogens is 510 g/mol. The van der Waals surface area contributed by atoms with Gasteiger partial charge in [0.15, 0.2) is 0 Å². The van der Waals surface area contributed by atoms with Gasteiger partial charge >= 0.3 is 15.6 Å². The third-order valence-electron chi connectivity index (χ3n) is 3.99. The average Bonchev–Trinajstić information content (AvgIpc) is 2.77. The number of carbonyl (C=O) groups excluding carboxylic acids is 2. The molecule has 0 spiro atoms. The van der Waals surface area contributed by atoms with Gasteiger partial charge < -0.3 is 39.3 Å². The fraction of sp³-hybridized carbons (Fsp3) is 0.368. The molecule has 2 unspecified atom stereocenters. The summed E-state index contributed by atoms with van der Waals surface area (Å²) in [5.41, 5.74) is 0. The number of likely N-dealkylation sites (N-methyl/N-ethyl adjacent to an activating group) is 1. The van der Waals surface area contributed by atoms with Crippen LogP contribution in [0.2, 0.25) is 0 Å². The third kappa shape index (κ3) is 13.8. The highest BCUT2D eigenvalue weighted by Gasteiger charge is 2.26. The van der Waals surface area contributed by atoms with Gasteiger partial charge in [0.2, 0.25) is 11.8 Å². The summed E-state index contributed by atoms with van der Waals surface area (Å²) in [4.78, 5) is 60.3. The van der Waals surface area contributed by atoms with Crippen molar-refractivity contribution in [1.82, 2.24) is 10.2 Å². The Morgan fingerprint density at radius 3 is 1.83 bits per heavy atom. The van der Waals surface area contributed by atoms with Crippen LogP contribution in [-0.4, -0.2) is 81.8 Å². The van der Waals surface area contributed by atoms with Crippen molar-refractivity contribution >= 4 is 27.5 Å². The van der Waals surface area contributed by atoms with Gasteiger partial charge in [-0.15, -0.1) is 0 Å². The molecule has 35 heavy (non-hydrogen) atoms. The van der Waals surface area contributed by atoms with Gasteiger partial charge in [-0.05, 0) is 36.4 Å². The van der Waals surface area contributed by atoms with Crippen molar-refractivity contribution in [3.05, 3.63) is 49.6 Å². The molecule has 14 nitrogen and oxygen atoms in total. The van der Waals surface area contributed by atoms with Gasteiger partial charge in [0.05, 0.1) is 6.54 Å². The molecule has 196 valence electrons. The minimum absolute atomic E-state index is 0.180. The lowest BCUT2D eigenvalue weighted by Gasteiger charge is -2.24. The lowest BCUT2D eigenvalue weighted by molar-refractivity contribution is -0.126. The van der Waals surface area contributed by atoms with Crippen LogP contribution in [-0.2, 0) is 27.8 Å². The molecule has 2 amide bonds. The summed E-state index contributed by atoms with van der Waals surface area (Å²) in [5, 5.41) is 2.35. The predicted octanol–water partition coefficient (Wildman–Crippen LogP) is 0.347. The molecule has 0 aliphatic carbocycles. The Balaban J connectivity index is 2.72. The van der Waals surface area contributed by atoms with E-state index in [1.165, 1.54) is 31.3 Å². The zero-order valence-electron chi connectivity index (χ0n) is 18.8. The number of carbonyl (C=O) groups is 2. The number of hydrogen-bond acceptors (Lipinski definition) is 8. The molecule has 16 heteroatoms. The molecular formula is C19H28N2O12P2. The number of nitrogens with one attached hydrogen (secondary N) is 1. The second-order valence-corrected chi connectivity index (χ2v) is 9.29. The zero-order valence-corrected chi connectivity index (χ0v) is 20.5. The first kappa shape index (κ1) is 30.5. The predicted molar refractivity (Wildman–Crippen MR) is 122 cm³/mol. The van der Waals surface area contributed by atoms with Gasteiger partial charge in [-0.2, -0.15) is 0 Å². The topological polar surface area (TPSA) is 201 Å². The molecule has 0 radical (unpaired) electrons. The summed E-state index contributed by atoms with van der Waals surface area (Å²) in [7, 11) is -8.30. The summed E-state index contributed by atoms with van der Waals surface area (Å²) in [6, 6.07) is 5.83. The van der Waals surface area contributed by atoms with Crippen LogP contribution in [0.25, 0.3) is 0 Å². The number of phosphoric ester groups is 2. The van der Waals surface area contributed by atoms with Gasteiger partial charge in [0.1, 0.15) is 36.9 Å². The van der Waals surface area contributed by atoms with Crippen molar-refractivity contribution in [1.29, 1.82) is 0 Å². The van der Waals surface area contributed by atoms with Crippen LogP contribution in [0.1, 0.15) is 0 Å². The number of phosphoric acid groups is 2. The first-order chi connectivity index (χ1) is 16.2. The van der Waals surface area contributed by atoms with Crippen LogP contribution in [0.4, 0.5) is 0 Å². The van der Waals surface area contributed by atoms with Gasteiger partial charge in [0.25, 0.3) is 0 Å². The molecule has 2 atom stereocenters. The summed E-state index contributed by atoms with van der Waals surface area (Å²) in [6.45, 7) is 5.55. The minimum Gasteiger partial charge on any atom is -0.491 e. The van der Waals surface area contributed by atoms with Gasteiger partial charge in [0, 0.05) is 13.6 Å². The molecule has 0 saturated heterocycles. The summed E-state index contributed by atoms with van der Waals surface area (Å²) < 4.78 is 42.5. The van der Waals surface area contributed by atoms with Crippen molar-refractivity contribution in [2.75, 3.05) is 33.4 Å². The van der Waals surface area contributed by atoms with Crippen LogP contribution in [0, 0.1) is 0 Å². The monoisotopic (exact) mass is 538 g/mol. The van der Waals surface area contributed by atoms with Crippen molar-refractivity contribution in [2.24, 2.45) is 0 Å². The number of amides is 2. The zero-order chi connectivity index (χ0) is 26.6. The maximum Gasteiger partial charge on any atom is 0.470 e. The van der Waals surface area contributed by atoms with E-state index in [0.717, 1.165) is 17.1 Å². The molecule has 5 N–H and O–H groups in total. The molecule has 1 aromatic carbocycles. The van der Waals surface area contributed by atoms with E-state index in [0.29, 0.717) is 0 Å². The molecule has 0 aromatic heterocycles. The van der Waals surface area contributed by atoms with Gasteiger partial charge in [-0.1, -0.05) is 13.2 Å². The minimum atomic E-state index is -4.86. The Kier molecular flexibility index (Phi) is 12.3. The van der Waals surface area contributed by atoms with Crippen LogP contribution >= 0.6 is 15.6 Å². The van der Waals surface area contributed by atoms with E-state index in [2.05, 4.69) is 27.5 Å². The Hall–Kier alpha value is -2.54. The smallest absolute Gasteiger partial charge is 0.470 e. The van der Waals surface area contributed by atoms with Gasteiger partial charge in [-0.25, -0.2) is 9.13 Å². The van der Waals surface area contributed by atoms with E-state index in [1.54, 1.807) is 0 Å². The summed E-state index contributed by atoms with van der Waals surface area (Å²) >= 11 is 0. The second-order valence-electron chi connectivity index (χ2n) is 6.90. The Labute approximate surface area is 201 Å². The second kappa shape index (κ2) is 14.1. The standard InChI is InChI=1S/C19H28N2O12P2/c1-4-18(22)20-10-16(32-34(24,25)26)12-30-14-6-8-15(9-7-14)31-13-17(33-35(27,28)29)11-21(3)19(23)5-2/h4-9,16-17H,1-2,10-13H2,3H3,(H,20,22)(H2,24,25,26)(H2,27,28,29). The van der Waals surface area contributed by atoms with Crippen molar-refractivity contribution in [2.45, 2.75) is 12.2 Å². The Morgan fingerprint density at radius 2 is 1.40 bits per heavy atom. The van der Waals surface area contributed by atoms with E-state index < -0.39 is 39.7 Å². The van der Waals surface area contributed by atoms with E-state index in [4.69, 9.17) is 29.0 Å². The van der Waals surface area contributed by atoms with E-state index in [1.807, 2.05) is 0 Å². The molecule has 0 fully saturated rings. The molecule has 0 saturated carbocycles. The van der Waals surface area contributed by atoms with Crippen molar-refractivity contribution in [3.63, 3.8) is 0 Å². The first-order valence-electron chi connectivity index (χ1n) is 9.83.